The number of hydrogen-bond donors (Lipinski definition) is 2. The Balaban J connectivity index is 2.85. The van der Waals surface area contributed by atoms with Gasteiger partial charge in [-0.1, -0.05) is 24.3 Å². The molecule has 1 rings (SSSR count). The number of nitrogens with zero attached hydrogens (tertiary/aromatic N) is 1. The van der Waals surface area contributed by atoms with Gasteiger partial charge in [-0.05, 0) is 37.3 Å². The van der Waals surface area contributed by atoms with E-state index in [1.807, 2.05) is 33.3 Å². The molecule has 1 aromatic carbocycles. The maximum absolute atomic E-state index is 4.42. The lowest BCUT2D eigenvalue weighted by Gasteiger charge is -2.11. The van der Waals surface area contributed by atoms with Crippen LogP contribution in [0.15, 0.2) is 52.9 Å². The monoisotopic (exact) mass is 257 g/mol. The molecule has 0 bridgehead atoms. The maximum atomic E-state index is 4.42. The van der Waals surface area contributed by atoms with Crippen LogP contribution in [0, 0.1) is 6.92 Å². The lowest BCUT2D eigenvalue weighted by atomic mass is 10.0. The van der Waals surface area contributed by atoms with Crippen molar-refractivity contribution < 1.29 is 0 Å². The van der Waals surface area contributed by atoms with Crippen LogP contribution in [0.2, 0.25) is 0 Å². The van der Waals surface area contributed by atoms with E-state index in [1.165, 1.54) is 11.1 Å². The van der Waals surface area contributed by atoms with E-state index in [1.54, 1.807) is 6.21 Å². The fraction of sp³-hybridized carbons (Fsp3) is 0.312. The van der Waals surface area contributed by atoms with Crippen molar-refractivity contribution in [3.63, 3.8) is 0 Å². The first-order valence-corrected chi connectivity index (χ1v) is 6.47. The van der Waals surface area contributed by atoms with E-state index in [9.17, 15) is 0 Å². The molecule has 0 fully saturated rings. The summed E-state index contributed by atoms with van der Waals surface area (Å²) in [5, 5.41) is 6.17. The number of rotatable bonds is 6. The summed E-state index contributed by atoms with van der Waals surface area (Å²) in [5.41, 5.74) is 4.78. The van der Waals surface area contributed by atoms with Crippen LogP contribution in [0.1, 0.15) is 18.1 Å². The molecular weight excluding hydrogens is 234 g/mol. The van der Waals surface area contributed by atoms with Crippen LogP contribution in [-0.2, 0) is 6.42 Å². The van der Waals surface area contributed by atoms with Gasteiger partial charge in [0, 0.05) is 32.4 Å². The average Bonchev–Trinajstić information content (AvgIpc) is 2.42. The van der Waals surface area contributed by atoms with Crippen LogP contribution in [-0.4, -0.2) is 20.3 Å². The third kappa shape index (κ3) is 5.00. The highest BCUT2D eigenvalue weighted by molar-refractivity contribution is 5.72. The second-order valence-electron chi connectivity index (χ2n) is 4.34. The number of likely N-dealkylation sites (N-methyl/N-ethyl adjacent to an activating group) is 1. The van der Waals surface area contributed by atoms with Crippen molar-refractivity contribution in [1.82, 2.24) is 10.6 Å². The Kier molecular flexibility index (Phi) is 6.44. The van der Waals surface area contributed by atoms with E-state index < -0.39 is 0 Å². The first-order chi connectivity index (χ1) is 9.19. The van der Waals surface area contributed by atoms with Gasteiger partial charge in [0.05, 0.1) is 5.70 Å². The fourth-order valence-electron chi connectivity index (χ4n) is 1.77. The SMILES string of the molecule is CN\C=C/C=N\C(C)=C(/Cc1ccccc1C)NC. The molecule has 0 spiro atoms. The molecule has 0 aliphatic heterocycles. The third-order valence-corrected chi connectivity index (χ3v) is 2.98. The zero-order chi connectivity index (χ0) is 14.1. The highest BCUT2D eigenvalue weighted by Crippen LogP contribution is 2.14. The molecule has 0 saturated carbocycles. The molecule has 3 nitrogen and oxygen atoms in total. The lowest BCUT2D eigenvalue weighted by molar-refractivity contribution is 0.883. The second kappa shape index (κ2) is 8.14. The smallest absolute Gasteiger partial charge is 0.0564 e. The lowest BCUT2D eigenvalue weighted by Crippen LogP contribution is -2.11. The topological polar surface area (TPSA) is 36.4 Å². The summed E-state index contributed by atoms with van der Waals surface area (Å²) in [6.45, 7) is 4.16. The van der Waals surface area contributed by atoms with E-state index >= 15 is 0 Å². The molecule has 0 atom stereocenters. The van der Waals surface area contributed by atoms with Gasteiger partial charge in [-0.2, -0.15) is 0 Å². The van der Waals surface area contributed by atoms with E-state index in [2.05, 4.69) is 46.8 Å². The van der Waals surface area contributed by atoms with Gasteiger partial charge in [0.15, 0.2) is 0 Å². The highest BCUT2D eigenvalue weighted by Gasteiger charge is 2.03. The number of nitrogens with one attached hydrogen (secondary N) is 2. The van der Waals surface area contributed by atoms with Gasteiger partial charge in [-0.3, -0.25) is 4.99 Å². The number of aryl methyl sites for hydroxylation is 1. The zero-order valence-corrected chi connectivity index (χ0v) is 12.2. The zero-order valence-electron chi connectivity index (χ0n) is 12.2. The largest absolute Gasteiger partial charge is 0.394 e. The number of aliphatic imine (C=N–C) groups is 1. The van der Waals surface area contributed by atoms with Gasteiger partial charge < -0.3 is 10.6 Å². The Labute approximate surface area is 116 Å². The average molecular weight is 257 g/mol. The molecule has 19 heavy (non-hydrogen) atoms. The molecule has 102 valence electrons. The quantitative estimate of drug-likeness (QED) is 0.769. The summed E-state index contributed by atoms with van der Waals surface area (Å²) >= 11 is 0. The standard InChI is InChI=1S/C16H23N3/c1-13-8-5-6-9-15(13)12-16(18-4)14(2)19-11-7-10-17-3/h5-11,17-18H,12H2,1-4H3/b10-7-,16-14+,19-11-. The first-order valence-electron chi connectivity index (χ1n) is 6.47. The van der Waals surface area contributed by atoms with Crippen LogP contribution in [0.3, 0.4) is 0 Å². The van der Waals surface area contributed by atoms with Crippen molar-refractivity contribution in [1.29, 1.82) is 0 Å². The summed E-state index contributed by atoms with van der Waals surface area (Å²) < 4.78 is 0. The molecule has 1 aromatic rings. The molecule has 2 N–H and O–H groups in total. The van der Waals surface area contributed by atoms with Crippen molar-refractivity contribution in [2.45, 2.75) is 20.3 Å². The molecule has 0 radical (unpaired) electrons. The third-order valence-electron chi connectivity index (χ3n) is 2.98. The van der Waals surface area contributed by atoms with Crippen LogP contribution in [0.5, 0.6) is 0 Å². The Bertz CT molecular complexity index is 485. The maximum Gasteiger partial charge on any atom is 0.0564 e. The molecule has 0 unspecified atom stereocenters. The van der Waals surface area contributed by atoms with E-state index in [0.29, 0.717) is 0 Å². The van der Waals surface area contributed by atoms with Gasteiger partial charge >= 0.3 is 0 Å². The van der Waals surface area contributed by atoms with Crippen molar-refractivity contribution in [2.75, 3.05) is 14.1 Å². The predicted molar refractivity (Wildman–Crippen MR) is 83.3 cm³/mol. The molecule has 0 aromatic heterocycles. The molecule has 0 heterocycles. The van der Waals surface area contributed by atoms with Gasteiger partial charge in [0.1, 0.15) is 0 Å². The minimum atomic E-state index is 0.877. The predicted octanol–water partition coefficient (Wildman–Crippen LogP) is 2.79. The number of benzene rings is 1. The van der Waals surface area contributed by atoms with E-state index in [-0.39, 0.29) is 0 Å². The Morgan fingerprint density at radius 1 is 1.26 bits per heavy atom. The van der Waals surface area contributed by atoms with Crippen LogP contribution in [0.4, 0.5) is 0 Å². The molecule has 3 heteroatoms. The van der Waals surface area contributed by atoms with Crippen LogP contribution in [0.25, 0.3) is 0 Å². The van der Waals surface area contributed by atoms with E-state index in [0.717, 1.165) is 17.8 Å². The molecule has 0 aliphatic carbocycles. The fourth-order valence-corrected chi connectivity index (χ4v) is 1.77. The van der Waals surface area contributed by atoms with Gasteiger partial charge in [-0.15, -0.1) is 0 Å². The number of hydrogen-bond acceptors (Lipinski definition) is 3. The van der Waals surface area contributed by atoms with Gasteiger partial charge in [0.2, 0.25) is 0 Å². The Morgan fingerprint density at radius 2 is 2.00 bits per heavy atom. The summed E-state index contributed by atoms with van der Waals surface area (Å²) in [6.07, 6.45) is 6.39. The molecule has 0 amide bonds. The molecule has 0 aliphatic rings. The summed E-state index contributed by atoms with van der Waals surface area (Å²) in [6, 6.07) is 8.43. The Hall–Kier alpha value is -2.03. The van der Waals surface area contributed by atoms with Crippen LogP contribution >= 0.6 is 0 Å². The van der Waals surface area contributed by atoms with Crippen molar-refractivity contribution in [2.24, 2.45) is 4.99 Å². The summed E-state index contributed by atoms with van der Waals surface area (Å²) in [5.74, 6) is 0. The molecular formula is C16H23N3. The van der Waals surface area contributed by atoms with Gasteiger partial charge in [-0.25, -0.2) is 0 Å². The summed E-state index contributed by atoms with van der Waals surface area (Å²) in [4.78, 5) is 4.42. The van der Waals surface area contributed by atoms with Crippen molar-refractivity contribution in [3.05, 3.63) is 59.1 Å². The number of allylic oxidation sites excluding steroid dienone is 3. The second-order valence-corrected chi connectivity index (χ2v) is 4.34. The van der Waals surface area contributed by atoms with E-state index in [4.69, 9.17) is 0 Å². The first kappa shape index (κ1) is 15.0. The van der Waals surface area contributed by atoms with Crippen LogP contribution < -0.4 is 10.6 Å². The molecule has 0 saturated heterocycles. The highest BCUT2D eigenvalue weighted by atomic mass is 14.9. The summed E-state index contributed by atoms with van der Waals surface area (Å²) in [7, 11) is 3.81. The Morgan fingerprint density at radius 3 is 2.63 bits per heavy atom. The minimum absolute atomic E-state index is 0.877. The van der Waals surface area contributed by atoms with Crippen molar-refractivity contribution in [3.8, 4) is 0 Å². The minimum Gasteiger partial charge on any atom is -0.394 e. The normalized spacial score (nSPS) is 12.8. The van der Waals surface area contributed by atoms with Crippen molar-refractivity contribution >= 4 is 6.21 Å². The van der Waals surface area contributed by atoms with Gasteiger partial charge in [0.25, 0.3) is 0 Å².